The normalized spacial score (nSPS) is 12.7. The van der Waals surface area contributed by atoms with E-state index in [0.29, 0.717) is 11.1 Å². The third-order valence-electron chi connectivity index (χ3n) is 6.02. The Balaban J connectivity index is 1.49. The van der Waals surface area contributed by atoms with E-state index in [-0.39, 0.29) is 24.8 Å². The second-order valence-electron chi connectivity index (χ2n) is 9.91. The van der Waals surface area contributed by atoms with Crippen LogP contribution >= 0.6 is 0 Å². The Morgan fingerprint density at radius 3 is 2.19 bits per heavy atom. The van der Waals surface area contributed by atoms with Crippen LogP contribution in [0.2, 0.25) is 19.6 Å². The Labute approximate surface area is 218 Å². The van der Waals surface area contributed by atoms with E-state index in [2.05, 4.69) is 52.7 Å². The molecule has 37 heavy (non-hydrogen) atoms. The van der Waals surface area contributed by atoms with Crippen molar-refractivity contribution in [3.63, 3.8) is 0 Å². The zero-order valence-electron chi connectivity index (χ0n) is 21.1. The molecule has 4 rings (SSSR count). The van der Waals surface area contributed by atoms with Crippen molar-refractivity contribution in [3.8, 4) is 28.3 Å². The van der Waals surface area contributed by atoms with Gasteiger partial charge in [0.15, 0.2) is 0 Å². The van der Waals surface area contributed by atoms with E-state index in [1.54, 1.807) is 6.92 Å². The lowest BCUT2D eigenvalue weighted by Gasteiger charge is -2.16. The fraction of sp³-hybridized carbons (Fsp3) is 0.250. The van der Waals surface area contributed by atoms with Crippen LogP contribution in [0.5, 0.6) is 5.75 Å². The van der Waals surface area contributed by atoms with Crippen molar-refractivity contribution in [1.82, 2.24) is 5.32 Å². The molecule has 0 spiro atoms. The summed E-state index contributed by atoms with van der Waals surface area (Å²) in [5.74, 6) is 2.77. The summed E-state index contributed by atoms with van der Waals surface area (Å²) < 4.78 is 45.4. The molecule has 0 radical (unpaired) electrons. The van der Waals surface area contributed by atoms with Crippen molar-refractivity contribution >= 4 is 24.7 Å². The molecule has 0 aliphatic heterocycles. The molecule has 0 saturated heterocycles. The molecule has 0 fully saturated rings. The molecule has 3 aromatic rings. The molecule has 3 aromatic carbocycles. The minimum absolute atomic E-state index is 0.0215. The van der Waals surface area contributed by atoms with E-state index < -0.39 is 24.7 Å². The van der Waals surface area contributed by atoms with Crippen molar-refractivity contribution < 1.29 is 26.0 Å². The Kier molecular flexibility index (Phi) is 7.43. The number of nitrogens with one attached hydrogen (secondary N) is 1. The first-order valence-electron chi connectivity index (χ1n) is 11.8. The van der Waals surface area contributed by atoms with Gasteiger partial charge in [0.1, 0.15) is 20.4 Å². The second kappa shape index (κ2) is 10.4. The van der Waals surface area contributed by atoms with Crippen LogP contribution in [0.15, 0.2) is 60.7 Å². The minimum atomic E-state index is -5.22. The predicted molar refractivity (Wildman–Crippen MR) is 144 cm³/mol. The zero-order chi connectivity index (χ0) is 26.8. The maximum atomic E-state index is 13.2. The standard InChI is InChI=1S/C28H28FNO5SSi/c1-19-20(13-14-37(2,3)4)15-22(35-36(29,32)33)16-21(19)17-30-28(31)34-18-27-25-11-7-5-9-23(25)24-10-6-8-12-26(24)27/h5-12,15-16,27H,17-18H2,1-4H3,(H,30,31). The Bertz CT molecular complexity index is 1470. The summed E-state index contributed by atoms with van der Waals surface area (Å²) in [5.41, 5.74) is 9.46. The Hall–Kier alpha value is -3.61. The van der Waals surface area contributed by atoms with Gasteiger partial charge in [-0.25, -0.2) is 4.79 Å². The fourth-order valence-electron chi connectivity index (χ4n) is 4.29. The van der Waals surface area contributed by atoms with Crippen LogP contribution in [0, 0.1) is 18.4 Å². The molecule has 6 nitrogen and oxygen atoms in total. The average molecular weight is 538 g/mol. The number of hydrogen-bond donors (Lipinski definition) is 1. The number of amides is 1. The van der Waals surface area contributed by atoms with E-state index in [1.807, 2.05) is 36.4 Å². The molecule has 0 heterocycles. The lowest BCUT2D eigenvalue weighted by molar-refractivity contribution is 0.142. The van der Waals surface area contributed by atoms with Gasteiger partial charge in [0, 0.05) is 18.0 Å². The van der Waals surface area contributed by atoms with E-state index in [9.17, 15) is 17.1 Å². The zero-order valence-corrected chi connectivity index (χ0v) is 22.9. The van der Waals surface area contributed by atoms with Crippen molar-refractivity contribution in [1.29, 1.82) is 0 Å². The lowest BCUT2D eigenvalue weighted by atomic mass is 9.98. The predicted octanol–water partition coefficient (Wildman–Crippen LogP) is 5.86. The van der Waals surface area contributed by atoms with Gasteiger partial charge in [-0.05, 0) is 52.4 Å². The van der Waals surface area contributed by atoms with Gasteiger partial charge in [-0.15, -0.1) is 5.54 Å². The molecular weight excluding hydrogens is 509 g/mol. The molecule has 1 amide bonds. The van der Waals surface area contributed by atoms with Crippen molar-refractivity contribution in [2.45, 2.75) is 39.0 Å². The molecule has 1 aliphatic rings. The van der Waals surface area contributed by atoms with Gasteiger partial charge in [0.05, 0.1) is 0 Å². The first kappa shape index (κ1) is 26.4. The Morgan fingerprint density at radius 2 is 1.62 bits per heavy atom. The molecule has 0 unspecified atom stereocenters. The number of ether oxygens (including phenoxy) is 1. The monoisotopic (exact) mass is 537 g/mol. The maximum absolute atomic E-state index is 13.2. The van der Waals surface area contributed by atoms with Crippen LogP contribution in [0.25, 0.3) is 11.1 Å². The number of halogens is 1. The van der Waals surface area contributed by atoms with Gasteiger partial charge >= 0.3 is 16.6 Å². The minimum Gasteiger partial charge on any atom is -0.449 e. The third-order valence-corrected chi connectivity index (χ3v) is 7.29. The van der Waals surface area contributed by atoms with Gasteiger partial charge < -0.3 is 14.2 Å². The highest BCUT2D eigenvalue weighted by Crippen LogP contribution is 2.44. The van der Waals surface area contributed by atoms with Crippen LogP contribution in [0.1, 0.15) is 33.7 Å². The number of fused-ring (bicyclic) bond motifs is 3. The summed E-state index contributed by atoms with van der Waals surface area (Å²) in [6.45, 7) is 8.20. The molecule has 0 atom stereocenters. The number of carbonyl (C=O) groups excluding carboxylic acids is 1. The highest BCUT2D eigenvalue weighted by molar-refractivity contribution is 7.81. The molecule has 0 aromatic heterocycles. The molecule has 1 aliphatic carbocycles. The quantitative estimate of drug-likeness (QED) is 0.242. The molecule has 192 valence electrons. The average Bonchev–Trinajstić information content (AvgIpc) is 3.14. The number of benzene rings is 3. The van der Waals surface area contributed by atoms with Gasteiger partial charge in [-0.3, -0.25) is 0 Å². The highest BCUT2D eigenvalue weighted by Gasteiger charge is 2.29. The van der Waals surface area contributed by atoms with Crippen LogP contribution in [-0.4, -0.2) is 29.2 Å². The van der Waals surface area contributed by atoms with Crippen molar-refractivity contribution in [2.75, 3.05) is 6.61 Å². The second-order valence-corrected chi connectivity index (χ2v) is 15.6. The van der Waals surface area contributed by atoms with Gasteiger partial charge in [0.25, 0.3) is 0 Å². The lowest BCUT2D eigenvalue weighted by Crippen LogP contribution is -2.26. The summed E-state index contributed by atoms with van der Waals surface area (Å²) in [7, 11) is -6.96. The molecule has 9 heteroatoms. The number of carbonyl (C=O) groups is 1. The topological polar surface area (TPSA) is 81.7 Å². The van der Waals surface area contributed by atoms with Crippen molar-refractivity contribution in [2.24, 2.45) is 0 Å². The number of hydrogen-bond acceptors (Lipinski definition) is 5. The van der Waals surface area contributed by atoms with Crippen LogP contribution in [0.3, 0.4) is 0 Å². The van der Waals surface area contributed by atoms with E-state index in [4.69, 9.17) is 4.74 Å². The molecule has 1 N–H and O–H groups in total. The summed E-state index contributed by atoms with van der Waals surface area (Å²) in [6.07, 6.45) is -0.625. The van der Waals surface area contributed by atoms with Crippen LogP contribution in [-0.2, 0) is 21.8 Å². The summed E-state index contributed by atoms with van der Waals surface area (Å²) in [6, 6.07) is 18.9. The SMILES string of the molecule is Cc1c(C#C[Si](C)(C)C)cc(OS(=O)(=O)F)cc1CNC(=O)OCC1c2ccccc2-c2ccccc21. The van der Waals surface area contributed by atoms with Crippen LogP contribution in [0.4, 0.5) is 8.68 Å². The summed E-state index contributed by atoms with van der Waals surface area (Å²) >= 11 is 0. The number of rotatable bonds is 6. The van der Waals surface area contributed by atoms with E-state index >= 15 is 0 Å². The maximum Gasteiger partial charge on any atom is 0.488 e. The molecule has 0 bridgehead atoms. The van der Waals surface area contributed by atoms with E-state index in [0.717, 1.165) is 27.8 Å². The highest BCUT2D eigenvalue weighted by atomic mass is 32.3. The molecular formula is C28H28FNO5SSi. The van der Waals surface area contributed by atoms with Crippen LogP contribution < -0.4 is 9.50 Å². The molecule has 0 saturated carbocycles. The smallest absolute Gasteiger partial charge is 0.449 e. The summed E-state index contributed by atoms with van der Waals surface area (Å²) in [5, 5.41) is 2.70. The van der Waals surface area contributed by atoms with Gasteiger partial charge in [-0.1, -0.05) is 78.0 Å². The largest absolute Gasteiger partial charge is 0.488 e. The van der Waals surface area contributed by atoms with Gasteiger partial charge in [0.2, 0.25) is 0 Å². The van der Waals surface area contributed by atoms with E-state index in [1.165, 1.54) is 12.1 Å². The number of alkyl carbamates (subject to hydrolysis) is 1. The third kappa shape index (κ3) is 6.59. The first-order chi connectivity index (χ1) is 17.4. The fourth-order valence-corrected chi connectivity index (χ4v) is 5.13. The Morgan fingerprint density at radius 1 is 1.03 bits per heavy atom. The van der Waals surface area contributed by atoms with Gasteiger partial charge in [-0.2, -0.15) is 8.42 Å². The van der Waals surface area contributed by atoms with Crippen molar-refractivity contribution in [3.05, 3.63) is 88.5 Å². The summed E-state index contributed by atoms with van der Waals surface area (Å²) in [4.78, 5) is 12.6. The first-order valence-corrected chi connectivity index (χ1v) is 16.6.